The summed E-state index contributed by atoms with van der Waals surface area (Å²) in [6, 6.07) is 6.11. The van der Waals surface area contributed by atoms with Gasteiger partial charge in [-0.25, -0.2) is 0 Å². The van der Waals surface area contributed by atoms with Gasteiger partial charge in [0, 0.05) is 0 Å². The molecule has 1 atom stereocenters. The zero-order chi connectivity index (χ0) is 13.1. The van der Waals surface area contributed by atoms with E-state index in [1.54, 1.807) is 19.1 Å². The van der Waals surface area contributed by atoms with Gasteiger partial charge in [-0.05, 0) is 0 Å². The molecule has 1 rings (SSSR count). The van der Waals surface area contributed by atoms with Gasteiger partial charge in [-0.2, -0.15) is 0 Å². The fourth-order valence-electron chi connectivity index (χ4n) is 1.73. The zero-order valence-electron chi connectivity index (χ0n) is 10.4. The Balaban J connectivity index is 3.11. The summed E-state index contributed by atoms with van der Waals surface area (Å²) in [4.78, 5) is 14.1. The van der Waals surface area contributed by atoms with Crippen molar-refractivity contribution in [3.05, 3.63) is 30.1 Å². The van der Waals surface area contributed by atoms with E-state index < -0.39 is 18.4 Å². The third-order valence-electron chi connectivity index (χ3n) is 3.19. The third kappa shape index (κ3) is 2.98. The number of amides is 1. The Morgan fingerprint density at radius 3 is 2.29 bits per heavy atom. The van der Waals surface area contributed by atoms with Gasteiger partial charge in [0.05, 0.1) is 0 Å². The van der Waals surface area contributed by atoms with Gasteiger partial charge >= 0.3 is 105 Å². The number of hydrogen-bond donors (Lipinski definition) is 1. The molecule has 0 bridgehead atoms. The van der Waals surface area contributed by atoms with E-state index in [2.05, 4.69) is 0 Å². The quantitative estimate of drug-likeness (QED) is 0.517. The molecule has 5 heteroatoms. The van der Waals surface area contributed by atoms with Crippen molar-refractivity contribution in [2.45, 2.75) is 23.2 Å². The first-order chi connectivity index (χ1) is 7.95. The van der Waals surface area contributed by atoms with Crippen LogP contribution in [-0.2, 0) is 0 Å². The molecule has 1 aromatic carbocycles. The van der Waals surface area contributed by atoms with Gasteiger partial charge in [0.15, 0.2) is 0 Å². The molecule has 0 radical (unpaired) electrons. The van der Waals surface area contributed by atoms with E-state index >= 15 is 0 Å². The van der Waals surface area contributed by atoms with E-state index in [1.807, 2.05) is 11.9 Å². The fourth-order valence-corrected chi connectivity index (χ4v) is 9.11. The Bertz CT molecular complexity index is 396. The van der Waals surface area contributed by atoms with E-state index in [1.165, 1.54) is 12.1 Å². The van der Waals surface area contributed by atoms with Crippen LogP contribution in [0.15, 0.2) is 24.3 Å². The van der Waals surface area contributed by atoms with Crippen molar-refractivity contribution in [3.8, 4) is 0 Å². The van der Waals surface area contributed by atoms with Crippen LogP contribution < -0.4 is 3.58 Å². The number of benzene rings is 1. The van der Waals surface area contributed by atoms with Gasteiger partial charge in [0.1, 0.15) is 0 Å². The maximum atomic E-state index is 12.9. The van der Waals surface area contributed by atoms with E-state index in [4.69, 9.17) is 0 Å². The fraction of sp³-hybridized carbons (Fsp3) is 0.417. The molecule has 0 aliphatic carbocycles. The summed E-state index contributed by atoms with van der Waals surface area (Å²) >= 11 is -3.27. The molecule has 0 fully saturated rings. The molecular weight excluding hydrogens is 328 g/mol. The molecule has 1 aromatic rings. The molecule has 1 N–H and O–H groups in total. The van der Waals surface area contributed by atoms with E-state index in [-0.39, 0.29) is 16.3 Å². The molecule has 1 unspecified atom stereocenters. The van der Waals surface area contributed by atoms with Gasteiger partial charge in [-0.3, -0.25) is 0 Å². The van der Waals surface area contributed by atoms with Crippen molar-refractivity contribution >= 4 is 25.9 Å². The van der Waals surface area contributed by atoms with Crippen LogP contribution in [0.2, 0.25) is 9.38 Å². The molecule has 0 saturated heterocycles. The van der Waals surface area contributed by atoms with E-state index in [9.17, 15) is 14.4 Å². The molecule has 0 spiro atoms. The van der Waals surface area contributed by atoms with Crippen molar-refractivity contribution in [2.24, 2.45) is 0 Å². The maximum absolute atomic E-state index is 12.9. The molecule has 94 valence electrons. The summed E-state index contributed by atoms with van der Waals surface area (Å²) < 4.78 is 14.4. The number of hydroxylamine groups is 2. The molecule has 1 amide bonds. The molecule has 0 saturated carbocycles. The van der Waals surface area contributed by atoms with E-state index in [0.717, 1.165) is 13.1 Å². The SMILES string of the molecule is CCN(O)[C](=O)[Sn]([CH3])([CH2]C)[c]1ccc(F)cc1. The second-order valence-electron chi connectivity index (χ2n) is 4.21. The standard InChI is InChI=1S/C6H4F.C3H6NO2.C2H5.CH3.Sn/c7-6-4-2-1-3-5-6;1-2-4(6)3-5;1-2;;/h2-5H;6H,2H2,1H3;1H2,2H3;1H3;. The Morgan fingerprint density at radius 1 is 1.35 bits per heavy atom. The summed E-state index contributed by atoms with van der Waals surface area (Å²) in [6.07, 6.45) is 0. The average molecular weight is 346 g/mol. The van der Waals surface area contributed by atoms with Crippen molar-refractivity contribution in [1.29, 1.82) is 0 Å². The number of carbonyl (C=O) groups is 1. The van der Waals surface area contributed by atoms with Gasteiger partial charge in [-0.1, -0.05) is 0 Å². The van der Waals surface area contributed by atoms with Crippen LogP contribution >= 0.6 is 0 Å². The predicted octanol–water partition coefficient (Wildman–Crippen LogP) is 2.54. The topological polar surface area (TPSA) is 40.5 Å². The second-order valence-corrected chi connectivity index (χ2v) is 16.7. The molecule has 0 aromatic heterocycles. The van der Waals surface area contributed by atoms with Crippen molar-refractivity contribution < 1.29 is 14.4 Å². The number of halogens is 1. The van der Waals surface area contributed by atoms with Crippen molar-refractivity contribution in [1.82, 2.24) is 5.06 Å². The Labute approximate surface area is 105 Å². The molecule has 0 aliphatic heterocycles. The van der Waals surface area contributed by atoms with Crippen LogP contribution in [0.4, 0.5) is 9.18 Å². The zero-order valence-corrected chi connectivity index (χ0v) is 13.3. The number of carbonyl (C=O) groups excluding carboxylic acids is 1. The predicted molar refractivity (Wildman–Crippen MR) is 67.7 cm³/mol. The minimum absolute atomic E-state index is 0.157. The van der Waals surface area contributed by atoms with Gasteiger partial charge in [0.25, 0.3) is 0 Å². The Morgan fingerprint density at radius 2 is 1.88 bits per heavy atom. The molecular formula is C12H18FNO2Sn. The summed E-state index contributed by atoms with van der Waals surface area (Å²) in [5.74, 6) is -0.303. The van der Waals surface area contributed by atoms with Crippen molar-refractivity contribution in [3.63, 3.8) is 0 Å². The van der Waals surface area contributed by atoms with Crippen molar-refractivity contribution in [2.75, 3.05) is 6.54 Å². The first-order valence-corrected chi connectivity index (χ1v) is 13.4. The summed E-state index contributed by atoms with van der Waals surface area (Å²) in [6.45, 7) is 3.97. The normalized spacial score (nSPS) is 14.2. The van der Waals surface area contributed by atoms with Gasteiger partial charge in [0.2, 0.25) is 0 Å². The third-order valence-corrected chi connectivity index (χ3v) is 15.3. The first kappa shape index (κ1) is 14.4. The summed E-state index contributed by atoms with van der Waals surface area (Å²) in [7, 11) is 0. The van der Waals surface area contributed by atoms with Crippen LogP contribution in [0.3, 0.4) is 0 Å². The van der Waals surface area contributed by atoms with Gasteiger partial charge in [-0.15, -0.1) is 0 Å². The Hall–Kier alpha value is -0.621. The molecule has 17 heavy (non-hydrogen) atoms. The Kier molecular flexibility index (Phi) is 4.94. The van der Waals surface area contributed by atoms with Crippen LogP contribution in [0, 0.1) is 5.82 Å². The monoisotopic (exact) mass is 347 g/mol. The molecule has 0 heterocycles. The average Bonchev–Trinajstić information content (AvgIpc) is 2.36. The second kappa shape index (κ2) is 5.82. The van der Waals surface area contributed by atoms with Crippen LogP contribution in [0.5, 0.6) is 0 Å². The van der Waals surface area contributed by atoms with E-state index in [0.29, 0.717) is 0 Å². The van der Waals surface area contributed by atoms with Gasteiger partial charge < -0.3 is 0 Å². The number of hydrogen-bond acceptors (Lipinski definition) is 2. The summed E-state index contributed by atoms with van der Waals surface area (Å²) in [5.41, 5.74) is 0. The molecule has 3 nitrogen and oxygen atoms in total. The number of rotatable bonds is 4. The van der Waals surface area contributed by atoms with Crippen LogP contribution in [0.1, 0.15) is 13.8 Å². The number of nitrogens with zero attached hydrogens (tertiary/aromatic N) is 1. The summed E-state index contributed by atoms with van der Waals surface area (Å²) in [5, 5.41) is 10.4. The first-order valence-electron chi connectivity index (χ1n) is 5.72. The van der Waals surface area contributed by atoms with Crippen LogP contribution in [0.25, 0.3) is 0 Å². The molecule has 0 aliphatic rings. The van der Waals surface area contributed by atoms with Crippen LogP contribution in [-0.4, -0.2) is 39.1 Å². The minimum atomic E-state index is -3.27.